The Hall–Kier alpha value is -3.48. The number of hydrogen-bond donors (Lipinski definition) is 1. The van der Waals surface area contributed by atoms with E-state index < -0.39 is 5.76 Å². The number of oxazole rings is 1. The summed E-state index contributed by atoms with van der Waals surface area (Å²) in [5.41, 5.74) is 4.71. The summed E-state index contributed by atoms with van der Waals surface area (Å²) in [6, 6.07) is 26.8. The number of piperidine rings is 2. The van der Waals surface area contributed by atoms with Gasteiger partial charge in [0.1, 0.15) is 0 Å². The van der Waals surface area contributed by atoms with E-state index in [1.807, 2.05) is 0 Å². The van der Waals surface area contributed by atoms with Crippen LogP contribution in [-0.4, -0.2) is 48.0 Å². The Labute approximate surface area is 243 Å². The van der Waals surface area contributed by atoms with Gasteiger partial charge in [-0.1, -0.05) is 60.7 Å². The molecule has 0 atom stereocenters. The van der Waals surface area contributed by atoms with Crippen LogP contribution < -0.4 is 11.1 Å². The Morgan fingerprint density at radius 1 is 0.829 bits per heavy atom. The Morgan fingerprint density at radius 3 is 2.02 bits per heavy atom. The average molecular weight is 554 g/mol. The second-order valence-corrected chi connectivity index (χ2v) is 11.6. The zero-order valence-corrected chi connectivity index (χ0v) is 24.3. The van der Waals surface area contributed by atoms with E-state index in [0.717, 1.165) is 37.9 Å². The second kappa shape index (κ2) is 14.4. The topological polar surface area (TPSA) is 67.5 Å². The third-order valence-electron chi connectivity index (χ3n) is 8.67. The van der Waals surface area contributed by atoms with Crippen molar-refractivity contribution in [2.75, 3.05) is 32.7 Å². The van der Waals surface area contributed by atoms with Crippen molar-refractivity contribution in [1.82, 2.24) is 14.8 Å². The van der Waals surface area contributed by atoms with Gasteiger partial charge in [-0.15, -0.1) is 0 Å². The fourth-order valence-corrected chi connectivity index (χ4v) is 6.11. The molecule has 2 saturated heterocycles. The molecule has 6 nitrogen and oxygen atoms in total. The molecule has 6 rings (SSSR count). The molecule has 3 heterocycles. The van der Waals surface area contributed by atoms with E-state index in [1.54, 1.807) is 25.2 Å². The van der Waals surface area contributed by atoms with E-state index in [4.69, 9.17) is 4.42 Å². The number of nitrogens with one attached hydrogen (secondary N) is 1. The van der Waals surface area contributed by atoms with E-state index in [2.05, 4.69) is 70.9 Å². The summed E-state index contributed by atoms with van der Waals surface area (Å²) in [5, 5.41) is 3.40. The van der Waals surface area contributed by atoms with Crippen molar-refractivity contribution in [1.29, 1.82) is 0 Å². The molecule has 2 aliphatic rings. The first-order valence-corrected chi connectivity index (χ1v) is 15.2. The standard InChI is InChI=1S/C23H26N2O3.C12H17N/c1-24-20-8-7-19(16-22(20)28-23(24)27)21(26)11-14-25-12-9-18(10-13-25)15-17-5-3-2-4-6-17;1-2-4-11(5-3-1)10-12-6-8-13-9-7-12/h2-8,16,18H,9-15H2,1H3;1-5,12-13H,6-10H2. The number of fused-ring (bicyclic) bond motifs is 1. The first-order chi connectivity index (χ1) is 20.0. The van der Waals surface area contributed by atoms with Crippen molar-refractivity contribution in [2.45, 2.75) is 44.9 Å². The lowest BCUT2D eigenvalue weighted by Gasteiger charge is -2.31. The zero-order valence-electron chi connectivity index (χ0n) is 24.3. The molecule has 0 radical (unpaired) electrons. The molecule has 0 amide bonds. The highest BCUT2D eigenvalue weighted by Gasteiger charge is 2.20. The molecule has 0 unspecified atom stereocenters. The first kappa shape index (κ1) is 29.0. The van der Waals surface area contributed by atoms with Crippen molar-refractivity contribution >= 4 is 16.9 Å². The predicted octanol–water partition coefficient (Wildman–Crippen LogP) is 5.89. The van der Waals surface area contributed by atoms with Gasteiger partial charge in [0, 0.05) is 25.6 Å². The fourth-order valence-electron chi connectivity index (χ4n) is 6.11. The molecule has 1 N–H and O–H groups in total. The first-order valence-electron chi connectivity index (χ1n) is 15.2. The number of likely N-dealkylation sites (tertiary alicyclic amines) is 1. The smallest absolute Gasteiger partial charge is 0.408 e. The number of aryl methyl sites for hydroxylation is 1. The molecule has 41 heavy (non-hydrogen) atoms. The lowest BCUT2D eigenvalue weighted by atomic mass is 9.90. The second-order valence-electron chi connectivity index (χ2n) is 11.6. The van der Waals surface area contributed by atoms with Gasteiger partial charge < -0.3 is 14.6 Å². The van der Waals surface area contributed by atoms with Gasteiger partial charge in [-0.2, -0.15) is 0 Å². The van der Waals surface area contributed by atoms with Gasteiger partial charge in [0.05, 0.1) is 5.52 Å². The highest BCUT2D eigenvalue weighted by Crippen LogP contribution is 2.22. The zero-order chi connectivity index (χ0) is 28.4. The van der Waals surface area contributed by atoms with Crippen LogP contribution in [0.5, 0.6) is 0 Å². The normalized spacial score (nSPS) is 16.8. The van der Waals surface area contributed by atoms with E-state index in [9.17, 15) is 9.59 Å². The third kappa shape index (κ3) is 8.27. The number of Topliss-reactive ketones (excluding diaryl/α,β-unsaturated/α-hetero) is 1. The van der Waals surface area contributed by atoms with Gasteiger partial charge in [0.15, 0.2) is 11.4 Å². The molecule has 4 aromatic rings. The summed E-state index contributed by atoms with van der Waals surface area (Å²) in [4.78, 5) is 26.6. The van der Waals surface area contributed by atoms with E-state index in [1.165, 1.54) is 60.9 Å². The third-order valence-corrected chi connectivity index (χ3v) is 8.67. The van der Waals surface area contributed by atoms with E-state index in [-0.39, 0.29) is 5.78 Å². The Balaban J connectivity index is 0.000000216. The molecule has 1 aromatic heterocycles. The lowest BCUT2D eigenvalue weighted by Crippen LogP contribution is -2.35. The van der Waals surface area contributed by atoms with Crippen molar-refractivity contribution in [2.24, 2.45) is 18.9 Å². The minimum atomic E-state index is -0.405. The molecule has 2 fully saturated rings. The molecule has 0 spiro atoms. The molecule has 6 heteroatoms. The van der Waals surface area contributed by atoms with Gasteiger partial charge in [-0.3, -0.25) is 9.36 Å². The van der Waals surface area contributed by atoms with Crippen LogP contribution in [0.15, 0.2) is 88.1 Å². The summed E-state index contributed by atoms with van der Waals surface area (Å²) in [6.07, 6.45) is 7.96. The van der Waals surface area contributed by atoms with Crippen molar-refractivity contribution in [3.63, 3.8) is 0 Å². The van der Waals surface area contributed by atoms with Crippen LogP contribution in [0.1, 0.15) is 53.6 Å². The van der Waals surface area contributed by atoms with Gasteiger partial charge in [-0.25, -0.2) is 4.79 Å². The van der Waals surface area contributed by atoms with Crippen LogP contribution in [-0.2, 0) is 19.9 Å². The number of benzene rings is 3. The van der Waals surface area contributed by atoms with Gasteiger partial charge in [0.25, 0.3) is 0 Å². The van der Waals surface area contributed by atoms with Crippen LogP contribution in [0.3, 0.4) is 0 Å². The van der Waals surface area contributed by atoms with E-state index >= 15 is 0 Å². The molecule has 0 saturated carbocycles. The number of hydrogen-bond acceptors (Lipinski definition) is 5. The summed E-state index contributed by atoms with van der Waals surface area (Å²) in [6.45, 7) is 5.30. The number of rotatable bonds is 8. The Bertz CT molecular complexity index is 1430. The molecular formula is C35H43N3O3. The number of aromatic nitrogens is 1. The molecule has 3 aromatic carbocycles. The molecule has 0 bridgehead atoms. The van der Waals surface area contributed by atoms with Gasteiger partial charge in [0.2, 0.25) is 0 Å². The molecular weight excluding hydrogens is 510 g/mol. The summed E-state index contributed by atoms with van der Waals surface area (Å²) >= 11 is 0. The maximum atomic E-state index is 12.6. The van der Waals surface area contributed by atoms with Gasteiger partial charge in [-0.05, 0) is 106 Å². The van der Waals surface area contributed by atoms with Crippen LogP contribution in [0.4, 0.5) is 0 Å². The van der Waals surface area contributed by atoms with E-state index in [0.29, 0.717) is 23.1 Å². The monoisotopic (exact) mass is 553 g/mol. The summed E-state index contributed by atoms with van der Waals surface area (Å²) in [7, 11) is 1.66. The summed E-state index contributed by atoms with van der Waals surface area (Å²) < 4.78 is 6.64. The van der Waals surface area contributed by atoms with Gasteiger partial charge >= 0.3 is 5.76 Å². The van der Waals surface area contributed by atoms with Crippen LogP contribution in [0.2, 0.25) is 0 Å². The average Bonchev–Trinajstić information content (AvgIpc) is 3.30. The van der Waals surface area contributed by atoms with Crippen LogP contribution >= 0.6 is 0 Å². The van der Waals surface area contributed by atoms with Crippen molar-refractivity contribution in [3.05, 3.63) is 106 Å². The Kier molecular flexibility index (Phi) is 10.2. The number of carbonyl (C=O) groups is 1. The van der Waals surface area contributed by atoms with Crippen LogP contribution in [0, 0.1) is 11.8 Å². The maximum Gasteiger partial charge on any atom is 0.419 e. The number of nitrogens with zero attached hydrogens (tertiary/aromatic N) is 2. The minimum Gasteiger partial charge on any atom is -0.408 e. The quantitative estimate of drug-likeness (QED) is 0.276. The fraction of sp³-hybridized carbons (Fsp3) is 0.429. The largest absolute Gasteiger partial charge is 0.419 e. The molecule has 0 aliphatic carbocycles. The lowest BCUT2D eigenvalue weighted by molar-refractivity contribution is 0.0951. The SMILES string of the molecule is Cn1c(=O)oc2cc(C(=O)CCN3CCC(Cc4ccccc4)CC3)ccc21.c1ccc(CC2CCNCC2)cc1. The maximum absolute atomic E-state index is 12.6. The highest BCUT2D eigenvalue weighted by molar-refractivity contribution is 5.98. The number of carbonyl (C=O) groups excluding carboxylic acids is 1. The number of ketones is 1. The van der Waals surface area contributed by atoms with Crippen LogP contribution in [0.25, 0.3) is 11.1 Å². The minimum absolute atomic E-state index is 0.0970. The Morgan fingerprint density at radius 2 is 1.41 bits per heavy atom. The van der Waals surface area contributed by atoms with Crippen molar-refractivity contribution in [3.8, 4) is 0 Å². The summed E-state index contributed by atoms with van der Waals surface area (Å²) in [5.74, 6) is 1.33. The molecule has 2 aliphatic heterocycles. The molecule has 216 valence electrons. The highest BCUT2D eigenvalue weighted by atomic mass is 16.4. The van der Waals surface area contributed by atoms with Crippen molar-refractivity contribution < 1.29 is 9.21 Å². The predicted molar refractivity (Wildman–Crippen MR) is 165 cm³/mol.